The van der Waals surface area contributed by atoms with Crippen molar-refractivity contribution in [2.24, 2.45) is 0 Å². The summed E-state index contributed by atoms with van der Waals surface area (Å²) in [5, 5.41) is 2.82. The lowest BCUT2D eigenvalue weighted by Gasteiger charge is -2.26. The molecule has 2 atom stereocenters. The summed E-state index contributed by atoms with van der Waals surface area (Å²) in [7, 11) is 3.26. The summed E-state index contributed by atoms with van der Waals surface area (Å²) in [6.45, 7) is 1.49. The summed E-state index contributed by atoms with van der Waals surface area (Å²) < 4.78 is 11.1. The molecule has 10 heteroatoms. The first-order valence-electron chi connectivity index (χ1n) is 13.7. The van der Waals surface area contributed by atoms with Gasteiger partial charge in [-0.05, 0) is 54.7 Å². The number of urea groups is 1. The molecule has 9 nitrogen and oxygen atoms in total. The number of carbonyl (C=O) groups excluding carboxylic acids is 3. The van der Waals surface area contributed by atoms with E-state index in [2.05, 4.69) is 14.8 Å². The predicted octanol–water partition coefficient (Wildman–Crippen LogP) is 3.96. The number of benzene rings is 3. The molecule has 0 saturated carbocycles. The van der Waals surface area contributed by atoms with Crippen molar-refractivity contribution in [1.29, 1.82) is 0 Å². The highest BCUT2D eigenvalue weighted by molar-refractivity contribution is 7.96. The zero-order chi connectivity index (χ0) is 29.0. The average Bonchev–Trinajstić information content (AvgIpc) is 3.55. The molecule has 0 radical (unpaired) electrons. The molecule has 3 aromatic carbocycles. The Kier molecular flexibility index (Phi) is 11.0. The van der Waals surface area contributed by atoms with E-state index in [-0.39, 0.29) is 11.8 Å². The second-order valence-corrected chi connectivity index (χ2v) is 10.6. The number of nitrogens with zero attached hydrogens (tertiary/aromatic N) is 2. The monoisotopic (exact) mass is 575 g/mol. The largest absolute Gasteiger partial charge is 0.497 e. The van der Waals surface area contributed by atoms with Gasteiger partial charge in [0.1, 0.15) is 17.8 Å². The molecular formula is C31H37N5O4S. The van der Waals surface area contributed by atoms with Gasteiger partial charge in [-0.15, -0.1) is 0 Å². The van der Waals surface area contributed by atoms with Crippen LogP contribution in [0.4, 0.5) is 10.5 Å². The molecule has 0 spiro atoms. The van der Waals surface area contributed by atoms with E-state index >= 15 is 0 Å². The Balaban J connectivity index is 1.39. The fraction of sp³-hybridized carbons (Fsp3) is 0.323. The molecule has 4 amide bonds. The van der Waals surface area contributed by atoms with Gasteiger partial charge >= 0.3 is 6.03 Å². The lowest BCUT2D eigenvalue weighted by Crippen LogP contribution is -2.51. The van der Waals surface area contributed by atoms with Crippen LogP contribution in [-0.4, -0.2) is 62.1 Å². The fourth-order valence-corrected chi connectivity index (χ4v) is 5.28. The van der Waals surface area contributed by atoms with Crippen molar-refractivity contribution in [2.45, 2.75) is 37.8 Å². The molecule has 1 heterocycles. The van der Waals surface area contributed by atoms with Crippen molar-refractivity contribution in [3.05, 3.63) is 96.1 Å². The number of methoxy groups -OCH3 is 1. The Morgan fingerprint density at radius 1 is 0.854 bits per heavy atom. The summed E-state index contributed by atoms with van der Waals surface area (Å²) in [5.74, 6) is 0.434. The number of hydrogen-bond acceptors (Lipinski definition) is 6. The number of likely N-dealkylation sites (N-methyl/N-ethyl adjacent to an activating group) is 1. The number of nitrogens with one attached hydrogen (secondary N) is 3. The lowest BCUT2D eigenvalue weighted by molar-refractivity contribution is -0.131. The molecule has 1 aliphatic rings. The molecule has 3 aromatic rings. The average molecular weight is 576 g/mol. The summed E-state index contributed by atoms with van der Waals surface area (Å²) in [4.78, 5) is 43.1. The third kappa shape index (κ3) is 8.73. The zero-order valence-electron chi connectivity index (χ0n) is 23.4. The van der Waals surface area contributed by atoms with Gasteiger partial charge in [-0.3, -0.25) is 14.3 Å². The molecule has 2 unspecified atom stereocenters. The first kappa shape index (κ1) is 30.0. The van der Waals surface area contributed by atoms with Gasteiger partial charge in [0.05, 0.1) is 7.11 Å². The quantitative estimate of drug-likeness (QED) is 0.283. The molecule has 0 bridgehead atoms. The number of carbonyl (C=O) groups is 3. The van der Waals surface area contributed by atoms with E-state index in [1.165, 1.54) is 4.90 Å². The summed E-state index contributed by atoms with van der Waals surface area (Å²) in [6, 6.07) is 24.6. The number of anilines is 1. The highest BCUT2D eigenvalue weighted by atomic mass is 32.2. The Labute approximate surface area is 245 Å². The Morgan fingerprint density at radius 2 is 1.41 bits per heavy atom. The maximum absolute atomic E-state index is 13.5. The minimum atomic E-state index is -0.823. The van der Waals surface area contributed by atoms with E-state index in [9.17, 15) is 14.4 Å². The fourth-order valence-electron chi connectivity index (χ4n) is 4.74. The second kappa shape index (κ2) is 15.1. The standard InChI is InChI=1S/C31H37N5O4S/c1-35(25-15-17-26(40-2)18-16-25)29(37)27(21-23-11-5-3-6-12-23)32-31(39)34-41-33-28(22-24-13-7-4-8-14-24)30(38)36-19-9-10-20-36/h3-8,11-18,27-28,33H,9-10,19-22H2,1-2H3,(H2,32,34,39). The Morgan fingerprint density at radius 3 is 1.98 bits per heavy atom. The first-order valence-corrected chi connectivity index (χ1v) is 14.5. The van der Waals surface area contributed by atoms with E-state index < -0.39 is 18.1 Å². The van der Waals surface area contributed by atoms with Crippen molar-refractivity contribution in [1.82, 2.24) is 19.7 Å². The molecule has 1 aliphatic heterocycles. The predicted molar refractivity (Wildman–Crippen MR) is 162 cm³/mol. The molecule has 3 N–H and O–H groups in total. The Hall–Kier alpha value is -4.02. The smallest absolute Gasteiger partial charge is 0.326 e. The van der Waals surface area contributed by atoms with E-state index in [0.29, 0.717) is 24.3 Å². The molecule has 41 heavy (non-hydrogen) atoms. The van der Waals surface area contributed by atoms with Crippen molar-refractivity contribution in [3.8, 4) is 5.75 Å². The minimum absolute atomic E-state index is 0.0132. The van der Waals surface area contributed by atoms with Gasteiger partial charge in [0, 0.05) is 44.4 Å². The van der Waals surface area contributed by atoms with E-state index in [1.54, 1.807) is 38.4 Å². The van der Waals surface area contributed by atoms with Crippen LogP contribution in [0, 0.1) is 0 Å². The molecule has 216 valence electrons. The number of amides is 4. The van der Waals surface area contributed by atoms with Crippen molar-refractivity contribution in [3.63, 3.8) is 0 Å². The molecular weight excluding hydrogens is 538 g/mol. The van der Waals surface area contributed by atoms with Crippen LogP contribution < -0.4 is 24.4 Å². The Bertz CT molecular complexity index is 1270. The molecule has 1 fully saturated rings. The molecule has 0 aromatic heterocycles. The van der Waals surface area contributed by atoms with Gasteiger partial charge in [0.25, 0.3) is 0 Å². The molecule has 4 rings (SSSR count). The normalized spacial score (nSPS) is 14.1. The topological polar surface area (TPSA) is 103 Å². The van der Waals surface area contributed by atoms with Crippen molar-refractivity contribution >= 4 is 35.7 Å². The zero-order valence-corrected chi connectivity index (χ0v) is 24.2. The second-order valence-electron chi connectivity index (χ2n) is 9.91. The highest BCUT2D eigenvalue weighted by Crippen LogP contribution is 2.20. The lowest BCUT2D eigenvalue weighted by atomic mass is 10.0. The van der Waals surface area contributed by atoms with Crippen LogP contribution in [0.1, 0.15) is 24.0 Å². The number of ether oxygens (including phenoxy) is 1. The molecule has 0 aliphatic carbocycles. The van der Waals surface area contributed by atoms with E-state index in [4.69, 9.17) is 4.74 Å². The van der Waals surface area contributed by atoms with Gasteiger partial charge in [0.2, 0.25) is 11.8 Å². The number of rotatable bonds is 12. The first-order chi connectivity index (χ1) is 19.9. The van der Waals surface area contributed by atoms with Gasteiger partial charge in [0.15, 0.2) is 0 Å². The van der Waals surface area contributed by atoms with Crippen LogP contribution in [0.2, 0.25) is 0 Å². The van der Waals surface area contributed by atoms with Crippen molar-refractivity contribution < 1.29 is 19.1 Å². The van der Waals surface area contributed by atoms with Crippen LogP contribution in [0.5, 0.6) is 5.75 Å². The highest BCUT2D eigenvalue weighted by Gasteiger charge is 2.28. The van der Waals surface area contributed by atoms with Gasteiger partial charge in [-0.2, -0.15) is 0 Å². The summed E-state index contributed by atoms with van der Waals surface area (Å²) in [5.41, 5.74) is 2.62. The van der Waals surface area contributed by atoms with Crippen LogP contribution >= 0.6 is 12.1 Å². The van der Waals surface area contributed by atoms with Gasteiger partial charge < -0.3 is 19.9 Å². The maximum Gasteiger partial charge on any atom is 0.326 e. The van der Waals surface area contributed by atoms with Gasteiger partial charge in [-0.1, -0.05) is 60.7 Å². The number of hydrogen-bond donors (Lipinski definition) is 3. The van der Waals surface area contributed by atoms with E-state index in [1.807, 2.05) is 65.6 Å². The van der Waals surface area contributed by atoms with E-state index in [0.717, 1.165) is 49.2 Å². The minimum Gasteiger partial charge on any atom is -0.497 e. The third-order valence-corrected chi connectivity index (χ3v) is 7.71. The summed E-state index contributed by atoms with van der Waals surface area (Å²) >= 11 is 0.946. The third-order valence-electron chi connectivity index (χ3n) is 7.02. The van der Waals surface area contributed by atoms with Crippen LogP contribution in [0.15, 0.2) is 84.9 Å². The maximum atomic E-state index is 13.5. The van der Waals surface area contributed by atoms with Crippen LogP contribution in [-0.2, 0) is 22.4 Å². The van der Waals surface area contributed by atoms with Crippen molar-refractivity contribution in [2.75, 3.05) is 32.1 Å². The SMILES string of the molecule is COc1ccc(N(C)C(=O)C(Cc2ccccc2)NC(=O)NSNC(Cc2ccccc2)C(=O)N2CCCC2)cc1. The van der Waals surface area contributed by atoms with Gasteiger partial charge in [-0.25, -0.2) is 9.52 Å². The van der Waals surface area contributed by atoms with Crippen LogP contribution in [0.3, 0.4) is 0 Å². The summed E-state index contributed by atoms with van der Waals surface area (Å²) in [6.07, 6.45) is 2.81. The molecule has 1 saturated heterocycles. The number of likely N-dealkylation sites (tertiary alicyclic amines) is 1. The van der Waals surface area contributed by atoms with Crippen LogP contribution in [0.25, 0.3) is 0 Å².